The lowest BCUT2D eigenvalue weighted by molar-refractivity contribution is -0.117. The van der Waals surface area contributed by atoms with Crippen molar-refractivity contribution in [3.05, 3.63) is 29.8 Å². The molecule has 2 rings (SSSR count). The molecule has 0 saturated heterocycles. The van der Waals surface area contributed by atoms with E-state index in [0.717, 1.165) is 49.7 Å². The Bertz CT molecular complexity index is 723. The predicted octanol–water partition coefficient (Wildman–Crippen LogP) is 6.89. The summed E-state index contributed by atoms with van der Waals surface area (Å²) < 4.78 is 11.7. The number of halogens is 1. The summed E-state index contributed by atoms with van der Waals surface area (Å²) in [6, 6.07) is 6.16. The van der Waals surface area contributed by atoms with Crippen LogP contribution in [-0.2, 0) is 4.79 Å². The second kappa shape index (κ2) is 18.5. The van der Waals surface area contributed by atoms with Gasteiger partial charge in [0.1, 0.15) is 6.61 Å². The van der Waals surface area contributed by atoms with Crippen molar-refractivity contribution in [1.82, 2.24) is 10.2 Å². The fourth-order valence-corrected chi connectivity index (χ4v) is 4.52. The quantitative estimate of drug-likeness (QED) is 0.195. The first-order chi connectivity index (χ1) is 16.5. The second-order valence-electron chi connectivity index (χ2n) is 9.81. The molecule has 1 saturated carbocycles. The minimum absolute atomic E-state index is 0. The maximum Gasteiger partial charge on any atom is 0.244 e. The molecular weight excluding hydrogens is 460 g/mol. The molecule has 0 atom stereocenters. The highest BCUT2D eigenvalue weighted by molar-refractivity contribution is 5.92. The number of rotatable bonds is 16. The van der Waals surface area contributed by atoms with Crippen molar-refractivity contribution < 1.29 is 14.3 Å². The van der Waals surface area contributed by atoms with E-state index in [1.807, 2.05) is 24.3 Å². The molecule has 0 aliphatic heterocycles. The molecule has 1 fully saturated rings. The molecular formula is C29H49ClN2O3. The van der Waals surface area contributed by atoms with Gasteiger partial charge in [0.05, 0.1) is 7.11 Å². The van der Waals surface area contributed by atoms with Crippen LogP contribution in [-0.4, -0.2) is 50.2 Å². The zero-order chi connectivity index (χ0) is 24.6. The maximum absolute atomic E-state index is 12.3. The third-order valence-electron chi connectivity index (χ3n) is 6.80. The number of carbonyl (C=O) groups excluding carboxylic acids is 1. The summed E-state index contributed by atoms with van der Waals surface area (Å²) in [6.45, 7) is 10.6. The highest BCUT2D eigenvalue weighted by Crippen LogP contribution is 2.28. The molecule has 0 radical (unpaired) electrons. The van der Waals surface area contributed by atoms with Gasteiger partial charge in [-0.1, -0.05) is 52.5 Å². The van der Waals surface area contributed by atoms with Crippen molar-refractivity contribution >= 4 is 24.4 Å². The number of amides is 1. The number of hydrogen-bond donors (Lipinski definition) is 1. The van der Waals surface area contributed by atoms with Crippen molar-refractivity contribution in [2.75, 3.05) is 33.4 Å². The number of hydrogen-bond acceptors (Lipinski definition) is 4. The molecule has 200 valence electrons. The lowest BCUT2D eigenvalue weighted by atomic mass is 9.87. The number of nitrogens with zero attached hydrogens (tertiary/aromatic N) is 1. The van der Waals surface area contributed by atoms with Crippen LogP contribution >= 0.6 is 12.4 Å². The summed E-state index contributed by atoms with van der Waals surface area (Å²) in [4.78, 5) is 14.9. The number of ether oxygens (including phenoxy) is 2. The van der Waals surface area contributed by atoms with Gasteiger partial charge in [0.2, 0.25) is 5.91 Å². The second-order valence-corrected chi connectivity index (χ2v) is 9.81. The van der Waals surface area contributed by atoms with Crippen LogP contribution in [0.2, 0.25) is 0 Å². The fourth-order valence-electron chi connectivity index (χ4n) is 4.52. The third kappa shape index (κ3) is 12.7. The molecule has 0 spiro atoms. The summed E-state index contributed by atoms with van der Waals surface area (Å²) in [5, 5.41) is 3.14. The van der Waals surface area contributed by atoms with Gasteiger partial charge in [-0.2, -0.15) is 0 Å². The smallest absolute Gasteiger partial charge is 0.244 e. The summed E-state index contributed by atoms with van der Waals surface area (Å²) in [7, 11) is 1.66. The summed E-state index contributed by atoms with van der Waals surface area (Å²) in [5.41, 5.74) is 0.928. The largest absolute Gasteiger partial charge is 0.493 e. The van der Waals surface area contributed by atoms with E-state index < -0.39 is 0 Å². The number of carbonyl (C=O) groups is 1. The summed E-state index contributed by atoms with van der Waals surface area (Å²) >= 11 is 0. The molecule has 0 heterocycles. The topological polar surface area (TPSA) is 50.8 Å². The van der Waals surface area contributed by atoms with Crippen LogP contribution < -0.4 is 14.8 Å². The zero-order valence-corrected chi connectivity index (χ0v) is 23.3. The molecule has 0 unspecified atom stereocenters. The van der Waals surface area contributed by atoms with Gasteiger partial charge in [-0.05, 0) is 81.3 Å². The Morgan fingerprint density at radius 2 is 1.66 bits per heavy atom. The molecule has 1 aliphatic rings. The highest BCUT2D eigenvalue weighted by atomic mass is 35.5. The van der Waals surface area contributed by atoms with E-state index >= 15 is 0 Å². The van der Waals surface area contributed by atoms with Gasteiger partial charge >= 0.3 is 0 Å². The first kappa shape index (κ1) is 31.3. The van der Waals surface area contributed by atoms with Crippen molar-refractivity contribution in [3.8, 4) is 11.5 Å². The van der Waals surface area contributed by atoms with E-state index in [0.29, 0.717) is 18.4 Å². The van der Waals surface area contributed by atoms with Crippen LogP contribution in [0, 0.1) is 5.92 Å². The lowest BCUT2D eigenvalue weighted by Crippen LogP contribution is -2.36. The molecule has 0 bridgehead atoms. The van der Waals surface area contributed by atoms with Crippen LogP contribution in [0.15, 0.2) is 24.3 Å². The maximum atomic E-state index is 12.3. The number of benzene rings is 1. The minimum Gasteiger partial charge on any atom is -0.493 e. The first-order valence-electron chi connectivity index (χ1n) is 13.6. The molecule has 1 aromatic rings. The molecule has 35 heavy (non-hydrogen) atoms. The molecule has 5 nitrogen and oxygen atoms in total. The van der Waals surface area contributed by atoms with Gasteiger partial charge in [-0.15, -0.1) is 12.4 Å². The van der Waals surface area contributed by atoms with Crippen molar-refractivity contribution in [2.45, 2.75) is 91.0 Å². The number of methoxy groups -OCH3 is 1. The van der Waals surface area contributed by atoms with E-state index in [-0.39, 0.29) is 18.3 Å². The van der Waals surface area contributed by atoms with Crippen LogP contribution in [0.1, 0.15) is 90.5 Å². The van der Waals surface area contributed by atoms with E-state index in [4.69, 9.17) is 9.47 Å². The molecule has 1 N–H and O–H groups in total. The predicted molar refractivity (Wildman–Crippen MR) is 150 cm³/mol. The molecule has 6 heteroatoms. The highest BCUT2D eigenvalue weighted by Gasteiger charge is 2.18. The van der Waals surface area contributed by atoms with Crippen LogP contribution in [0.4, 0.5) is 0 Å². The first-order valence-corrected chi connectivity index (χ1v) is 13.6. The van der Waals surface area contributed by atoms with Gasteiger partial charge < -0.3 is 14.8 Å². The Morgan fingerprint density at radius 1 is 1.00 bits per heavy atom. The van der Waals surface area contributed by atoms with E-state index in [2.05, 4.69) is 31.0 Å². The summed E-state index contributed by atoms with van der Waals surface area (Å²) in [5.74, 6) is 2.21. The Hall–Kier alpha value is -1.72. The normalized spacial score (nSPS) is 17.9. The van der Waals surface area contributed by atoms with Gasteiger partial charge in [0, 0.05) is 18.7 Å². The minimum atomic E-state index is -0.0231. The lowest BCUT2D eigenvalue weighted by Gasteiger charge is -2.26. The van der Waals surface area contributed by atoms with Gasteiger partial charge in [-0.3, -0.25) is 9.69 Å². The molecule has 1 amide bonds. The van der Waals surface area contributed by atoms with Gasteiger partial charge in [0.15, 0.2) is 11.5 Å². The monoisotopic (exact) mass is 508 g/mol. The zero-order valence-electron chi connectivity index (χ0n) is 22.5. The van der Waals surface area contributed by atoms with Crippen molar-refractivity contribution in [1.29, 1.82) is 0 Å². The van der Waals surface area contributed by atoms with Crippen LogP contribution in [0.3, 0.4) is 0 Å². The Labute approximate surface area is 220 Å². The summed E-state index contributed by atoms with van der Waals surface area (Å²) in [6.07, 6.45) is 15.6. The molecule has 1 aromatic carbocycles. The van der Waals surface area contributed by atoms with E-state index in [9.17, 15) is 4.79 Å². The van der Waals surface area contributed by atoms with Crippen LogP contribution in [0.5, 0.6) is 11.5 Å². The van der Waals surface area contributed by atoms with Crippen molar-refractivity contribution in [2.24, 2.45) is 5.92 Å². The molecule has 1 aliphatic carbocycles. The Morgan fingerprint density at radius 3 is 2.26 bits per heavy atom. The van der Waals surface area contributed by atoms with Crippen LogP contribution in [0.25, 0.3) is 6.08 Å². The standard InChI is InChI=1S/C29H48N2O3.ClH/c1-5-7-9-19-31(20-10-8-6-2)21-22-34-27-17-13-25(23-28(27)33-4)14-18-29(32)30-26-15-11-24(3)12-16-26;/h13-14,17-18,23-24,26H,5-12,15-16,19-22H2,1-4H3,(H,30,32);1H/b18-14+;. The number of unbranched alkanes of at least 4 members (excludes halogenated alkanes) is 4. The molecule has 0 aromatic heterocycles. The number of nitrogens with one attached hydrogen (secondary N) is 1. The van der Waals surface area contributed by atoms with Gasteiger partial charge in [0.25, 0.3) is 0 Å². The average molecular weight is 509 g/mol. The van der Waals surface area contributed by atoms with E-state index in [1.165, 1.54) is 51.4 Å². The van der Waals surface area contributed by atoms with E-state index in [1.54, 1.807) is 13.2 Å². The average Bonchev–Trinajstić information content (AvgIpc) is 2.84. The SMILES string of the molecule is CCCCCN(CCCCC)CCOc1ccc(/C=C/C(=O)NC2CCC(C)CC2)cc1OC.Cl. The van der Waals surface area contributed by atoms with Gasteiger partial charge in [-0.25, -0.2) is 0 Å². The Balaban J connectivity index is 0.00000612. The fraction of sp³-hybridized carbons (Fsp3) is 0.690. The Kier molecular flexibility index (Phi) is 16.6. The third-order valence-corrected chi connectivity index (χ3v) is 6.80. The van der Waals surface area contributed by atoms with Crippen molar-refractivity contribution in [3.63, 3.8) is 0 Å².